The van der Waals surface area contributed by atoms with Gasteiger partial charge in [0.25, 0.3) is 0 Å². The van der Waals surface area contributed by atoms with Gasteiger partial charge in [0, 0.05) is 23.3 Å². The molecule has 1 aromatic carbocycles. The molecule has 0 radical (unpaired) electrons. The van der Waals surface area contributed by atoms with E-state index in [1.807, 2.05) is 6.92 Å². The topological polar surface area (TPSA) is 86.8 Å². The highest BCUT2D eigenvalue weighted by Crippen LogP contribution is 2.34. The highest BCUT2D eigenvalue weighted by molar-refractivity contribution is 7.89. The molecule has 1 aliphatic heterocycles. The van der Waals surface area contributed by atoms with E-state index in [9.17, 15) is 18.0 Å². The molecule has 1 N–H and O–H groups in total. The maximum Gasteiger partial charge on any atom is 0.247 e. The van der Waals surface area contributed by atoms with Crippen LogP contribution in [0.1, 0.15) is 51.5 Å². The van der Waals surface area contributed by atoms with Gasteiger partial charge in [-0.05, 0) is 57.4 Å². The van der Waals surface area contributed by atoms with E-state index in [0.29, 0.717) is 10.7 Å². The van der Waals surface area contributed by atoms with Gasteiger partial charge in [-0.2, -0.15) is 4.31 Å². The Balaban J connectivity index is 2.02. The zero-order valence-corrected chi connectivity index (χ0v) is 19.4. The van der Waals surface area contributed by atoms with E-state index in [4.69, 9.17) is 11.6 Å². The van der Waals surface area contributed by atoms with Gasteiger partial charge in [-0.3, -0.25) is 14.5 Å². The SMILES string of the molecule is CCS(=O)(=O)N1CC(=O)N(c2ccc(Cl)cc2C)[C@@](C)(C(=O)NC2CCCCC2)C1. The van der Waals surface area contributed by atoms with E-state index >= 15 is 0 Å². The minimum atomic E-state index is -3.63. The second-order valence-corrected chi connectivity index (χ2v) is 11.1. The lowest BCUT2D eigenvalue weighted by atomic mass is 9.91. The monoisotopic (exact) mass is 455 g/mol. The summed E-state index contributed by atoms with van der Waals surface area (Å²) in [5, 5.41) is 3.62. The van der Waals surface area contributed by atoms with Crippen molar-refractivity contribution in [1.29, 1.82) is 0 Å². The number of amides is 2. The zero-order chi connectivity index (χ0) is 22.1. The average molecular weight is 456 g/mol. The molecule has 0 unspecified atom stereocenters. The van der Waals surface area contributed by atoms with Crippen molar-refractivity contribution < 1.29 is 18.0 Å². The summed E-state index contributed by atoms with van der Waals surface area (Å²) in [6.45, 7) is 4.63. The number of piperazine rings is 1. The van der Waals surface area contributed by atoms with Crippen molar-refractivity contribution in [3.05, 3.63) is 28.8 Å². The summed E-state index contributed by atoms with van der Waals surface area (Å²) in [7, 11) is -3.63. The molecular formula is C21H30ClN3O4S. The van der Waals surface area contributed by atoms with Crippen molar-refractivity contribution >= 4 is 39.1 Å². The van der Waals surface area contributed by atoms with Crippen molar-refractivity contribution in [2.45, 2.75) is 64.5 Å². The first kappa shape index (κ1) is 23.0. The number of hydrogen-bond acceptors (Lipinski definition) is 4. The Morgan fingerprint density at radius 1 is 1.27 bits per heavy atom. The van der Waals surface area contributed by atoms with Gasteiger partial charge in [0.2, 0.25) is 21.8 Å². The quantitative estimate of drug-likeness (QED) is 0.739. The largest absolute Gasteiger partial charge is 0.351 e. The van der Waals surface area contributed by atoms with Gasteiger partial charge in [0.15, 0.2) is 0 Å². The summed E-state index contributed by atoms with van der Waals surface area (Å²) < 4.78 is 26.3. The number of halogens is 1. The molecule has 2 aliphatic rings. The maximum atomic E-state index is 13.5. The van der Waals surface area contributed by atoms with Crippen LogP contribution in [-0.4, -0.2) is 55.0 Å². The van der Waals surface area contributed by atoms with Crippen LogP contribution in [0.3, 0.4) is 0 Å². The molecule has 0 spiro atoms. The standard InChI is InChI=1S/C21H30ClN3O4S/c1-4-30(28,29)24-13-19(26)25(18-11-10-16(22)12-15(18)2)21(3,14-24)20(27)23-17-8-6-5-7-9-17/h10-12,17H,4-9,13-14H2,1-3H3,(H,23,27)/t21-/m1/s1. The lowest BCUT2D eigenvalue weighted by molar-refractivity contribution is -0.133. The minimum Gasteiger partial charge on any atom is -0.351 e. The highest BCUT2D eigenvalue weighted by Gasteiger charge is 2.51. The Hall–Kier alpha value is -1.64. The first-order chi connectivity index (χ1) is 14.1. The summed E-state index contributed by atoms with van der Waals surface area (Å²) in [6.07, 6.45) is 5.05. The molecule has 1 heterocycles. The summed E-state index contributed by atoms with van der Waals surface area (Å²) in [6, 6.07) is 5.17. The number of anilines is 1. The van der Waals surface area contributed by atoms with Crippen LogP contribution in [0.4, 0.5) is 5.69 Å². The third kappa shape index (κ3) is 4.50. The van der Waals surface area contributed by atoms with Gasteiger partial charge < -0.3 is 5.32 Å². The average Bonchev–Trinajstić information content (AvgIpc) is 2.69. The predicted octanol–water partition coefficient (Wildman–Crippen LogP) is 2.85. The van der Waals surface area contributed by atoms with Crippen molar-refractivity contribution in [3.8, 4) is 0 Å². The fraction of sp³-hybridized carbons (Fsp3) is 0.619. The molecule has 2 amide bonds. The van der Waals surface area contributed by atoms with Crippen LogP contribution in [0, 0.1) is 6.92 Å². The number of aryl methyl sites for hydroxylation is 1. The number of benzene rings is 1. The third-order valence-corrected chi connectivity index (χ3v) is 8.14. The summed E-state index contributed by atoms with van der Waals surface area (Å²) in [5.74, 6) is -0.876. The second kappa shape index (κ2) is 8.85. The molecule has 30 heavy (non-hydrogen) atoms. The normalized spacial score (nSPS) is 24.1. The van der Waals surface area contributed by atoms with Crippen LogP contribution in [0.5, 0.6) is 0 Å². The Kier molecular flexibility index (Phi) is 6.79. The van der Waals surface area contributed by atoms with Gasteiger partial charge in [-0.25, -0.2) is 8.42 Å². The van der Waals surface area contributed by atoms with E-state index in [-0.39, 0.29) is 30.8 Å². The number of rotatable bonds is 5. The number of nitrogens with zero attached hydrogens (tertiary/aromatic N) is 2. The molecular weight excluding hydrogens is 426 g/mol. The molecule has 1 aromatic rings. The third-order valence-electron chi connectivity index (χ3n) is 6.13. The van der Waals surface area contributed by atoms with E-state index in [0.717, 1.165) is 42.0 Å². The molecule has 1 aliphatic carbocycles. The fourth-order valence-corrected chi connectivity index (χ4v) is 5.72. The summed E-state index contributed by atoms with van der Waals surface area (Å²) in [4.78, 5) is 28.2. The molecule has 1 saturated carbocycles. The highest BCUT2D eigenvalue weighted by atomic mass is 35.5. The smallest absolute Gasteiger partial charge is 0.247 e. The summed E-state index contributed by atoms with van der Waals surface area (Å²) in [5.41, 5.74) is -0.0493. The van der Waals surface area contributed by atoms with Crippen molar-refractivity contribution in [3.63, 3.8) is 0 Å². The zero-order valence-electron chi connectivity index (χ0n) is 17.8. The number of nitrogens with one attached hydrogen (secondary N) is 1. The summed E-state index contributed by atoms with van der Waals surface area (Å²) >= 11 is 6.09. The van der Waals surface area contributed by atoms with Gasteiger partial charge in [-0.1, -0.05) is 30.9 Å². The van der Waals surface area contributed by atoms with E-state index in [2.05, 4.69) is 5.32 Å². The molecule has 166 valence electrons. The molecule has 0 aromatic heterocycles. The Bertz CT molecular complexity index is 930. The molecule has 0 bridgehead atoms. The van der Waals surface area contributed by atoms with E-state index in [1.54, 1.807) is 25.1 Å². The molecule has 2 fully saturated rings. The number of carbonyl (C=O) groups is 2. The van der Waals surface area contributed by atoms with Crippen molar-refractivity contribution in [2.75, 3.05) is 23.7 Å². The van der Waals surface area contributed by atoms with E-state index in [1.165, 1.54) is 11.8 Å². The first-order valence-electron chi connectivity index (χ1n) is 10.5. The molecule has 1 saturated heterocycles. The Morgan fingerprint density at radius 2 is 1.93 bits per heavy atom. The number of hydrogen-bond donors (Lipinski definition) is 1. The van der Waals surface area contributed by atoms with Crippen LogP contribution in [0.2, 0.25) is 5.02 Å². The van der Waals surface area contributed by atoms with Crippen LogP contribution < -0.4 is 10.2 Å². The lowest BCUT2D eigenvalue weighted by Crippen LogP contribution is -2.71. The van der Waals surface area contributed by atoms with Crippen LogP contribution in [0.15, 0.2) is 18.2 Å². The van der Waals surface area contributed by atoms with Gasteiger partial charge in [-0.15, -0.1) is 0 Å². The van der Waals surface area contributed by atoms with Gasteiger partial charge >= 0.3 is 0 Å². The second-order valence-electron chi connectivity index (χ2n) is 8.41. The van der Waals surface area contributed by atoms with Crippen LogP contribution in [0.25, 0.3) is 0 Å². The van der Waals surface area contributed by atoms with Crippen LogP contribution in [-0.2, 0) is 19.6 Å². The Labute approximate surface area is 183 Å². The Morgan fingerprint density at radius 3 is 2.53 bits per heavy atom. The van der Waals surface area contributed by atoms with Gasteiger partial charge in [0.1, 0.15) is 5.54 Å². The number of carbonyl (C=O) groups excluding carboxylic acids is 2. The maximum absolute atomic E-state index is 13.5. The van der Waals surface area contributed by atoms with Crippen LogP contribution >= 0.6 is 11.6 Å². The predicted molar refractivity (Wildman–Crippen MR) is 118 cm³/mol. The van der Waals surface area contributed by atoms with E-state index < -0.39 is 21.5 Å². The van der Waals surface area contributed by atoms with Gasteiger partial charge in [0.05, 0.1) is 12.3 Å². The fourth-order valence-electron chi connectivity index (χ4n) is 4.38. The minimum absolute atomic E-state index is 0.0458. The van der Waals surface area contributed by atoms with Crippen molar-refractivity contribution in [1.82, 2.24) is 9.62 Å². The first-order valence-corrected chi connectivity index (χ1v) is 12.4. The molecule has 7 nitrogen and oxygen atoms in total. The number of sulfonamides is 1. The van der Waals surface area contributed by atoms with Crippen molar-refractivity contribution in [2.24, 2.45) is 0 Å². The molecule has 9 heteroatoms. The molecule has 1 atom stereocenters. The molecule has 3 rings (SSSR count). The lowest BCUT2D eigenvalue weighted by Gasteiger charge is -2.47.